The Kier molecular flexibility index (Phi) is 5.34. The smallest absolute Gasteiger partial charge is 0.251 e. The van der Waals surface area contributed by atoms with Crippen LogP contribution in [0.15, 0.2) is 23.4 Å². The molecular weight excluding hydrogens is 270 g/mol. The molecule has 0 aliphatic heterocycles. The molecule has 0 aromatic carbocycles. The summed E-state index contributed by atoms with van der Waals surface area (Å²) in [5, 5.41) is 40.0. The van der Waals surface area contributed by atoms with Gasteiger partial charge in [-0.2, -0.15) is 0 Å². The molecule has 1 rings (SSSR count). The average Bonchev–Trinajstić information content (AvgIpc) is 2.43. The van der Waals surface area contributed by atoms with Crippen molar-refractivity contribution in [3.05, 3.63) is 33.5 Å². The molecule has 2 atom stereocenters. The van der Waals surface area contributed by atoms with E-state index < -0.39 is 35.7 Å². The molecule has 6 N–H and O–H groups in total. The Bertz CT molecular complexity index is 461. The van der Waals surface area contributed by atoms with Gasteiger partial charge in [0, 0.05) is 18.2 Å². The average molecular weight is 287 g/mol. The maximum Gasteiger partial charge on any atom is 0.251 e. The molecule has 2 unspecified atom stereocenters. The van der Waals surface area contributed by atoms with Gasteiger partial charge < -0.3 is 26.4 Å². The van der Waals surface area contributed by atoms with Gasteiger partial charge >= 0.3 is 0 Å². The van der Waals surface area contributed by atoms with Gasteiger partial charge in [-0.15, -0.1) is 0 Å². The predicted octanol–water partition coefficient (Wildman–Crippen LogP) is -2.36. The summed E-state index contributed by atoms with van der Waals surface area (Å²) >= 11 is 0. The molecule has 9 heteroatoms. The quantitative estimate of drug-likeness (QED) is 0.270. The Hall–Kier alpha value is -1.81. The van der Waals surface area contributed by atoms with Crippen LogP contribution < -0.4 is 11.1 Å². The lowest BCUT2D eigenvalue weighted by Gasteiger charge is -2.26. The zero-order chi connectivity index (χ0) is 15.3. The minimum atomic E-state index is -1.38. The Morgan fingerprint density at radius 2 is 2.25 bits per heavy atom. The van der Waals surface area contributed by atoms with Crippen LogP contribution >= 0.6 is 0 Å². The Morgan fingerprint density at radius 3 is 2.75 bits per heavy atom. The highest BCUT2D eigenvalue weighted by atomic mass is 16.6. The van der Waals surface area contributed by atoms with E-state index in [2.05, 4.69) is 5.32 Å². The molecule has 0 fully saturated rings. The molecule has 0 radical (unpaired) electrons. The van der Waals surface area contributed by atoms with E-state index in [9.17, 15) is 20.0 Å². The van der Waals surface area contributed by atoms with E-state index in [-0.39, 0.29) is 24.2 Å². The summed E-state index contributed by atoms with van der Waals surface area (Å²) in [6, 6.07) is 0. The molecular formula is C11H17N3O6. The van der Waals surface area contributed by atoms with Crippen LogP contribution in [0, 0.1) is 10.1 Å². The van der Waals surface area contributed by atoms with Crippen molar-refractivity contribution in [2.24, 2.45) is 5.73 Å². The van der Waals surface area contributed by atoms with Crippen molar-refractivity contribution in [3.63, 3.8) is 0 Å². The fourth-order valence-corrected chi connectivity index (χ4v) is 1.70. The highest BCUT2D eigenvalue weighted by Crippen LogP contribution is 2.24. The van der Waals surface area contributed by atoms with Crippen molar-refractivity contribution < 1.29 is 25.0 Å². The summed E-state index contributed by atoms with van der Waals surface area (Å²) in [7, 11) is 0. The van der Waals surface area contributed by atoms with E-state index in [0.29, 0.717) is 0 Å². The maximum atomic E-state index is 11.8. The second kappa shape index (κ2) is 6.57. The molecule has 0 heterocycles. The number of nitrogens with zero attached hydrogens (tertiary/aromatic N) is 1. The molecule has 1 aliphatic carbocycles. The number of aliphatic hydroxyl groups is 3. The third-order valence-electron chi connectivity index (χ3n) is 2.78. The lowest BCUT2D eigenvalue weighted by atomic mass is 9.87. The second-order valence-corrected chi connectivity index (χ2v) is 4.61. The third kappa shape index (κ3) is 4.10. The van der Waals surface area contributed by atoms with E-state index in [1.165, 1.54) is 6.08 Å². The van der Waals surface area contributed by atoms with E-state index in [4.69, 9.17) is 15.9 Å². The van der Waals surface area contributed by atoms with E-state index in [1.54, 1.807) is 0 Å². The van der Waals surface area contributed by atoms with E-state index >= 15 is 0 Å². The van der Waals surface area contributed by atoms with Crippen LogP contribution in [0.4, 0.5) is 0 Å². The monoisotopic (exact) mass is 287 g/mol. The van der Waals surface area contributed by atoms with Gasteiger partial charge in [-0.05, 0) is 6.08 Å². The molecule has 1 aliphatic rings. The zero-order valence-corrected chi connectivity index (χ0v) is 10.7. The SMILES string of the molecule is NC1(CO)C=C(C(=O)NCC(O)CO)C=C([N+](=O)[O-])C1. The standard InChI is InChI=1S/C11H17N3O6/c12-11(6-16)2-7(1-8(3-11)14(19)20)10(18)13-4-9(17)5-15/h1-2,9,15-17H,3-6,12H2,(H,13,18). The first-order valence-electron chi connectivity index (χ1n) is 5.86. The third-order valence-corrected chi connectivity index (χ3v) is 2.78. The van der Waals surface area contributed by atoms with Gasteiger partial charge in [-0.1, -0.05) is 0 Å². The van der Waals surface area contributed by atoms with Gasteiger partial charge in [0.15, 0.2) is 0 Å². The number of rotatable bonds is 6. The number of carbonyl (C=O) groups is 1. The number of nitrogens with one attached hydrogen (secondary N) is 1. The van der Waals surface area contributed by atoms with E-state index in [1.807, 2.05) is 0 Å². The van der Waals surface area contributed by atoms with Crippen molar-refractivity contribution in [2.75, 3.05) is 19.8 Å². The highest BCUT2D eigenvalue weighted by molar-refractivity contribution is 5.96. The Balaban J connectivity index is 2.89. The van der Waals surface area contributed by atoms with Crippen LogP contribution in [0.5, 0.6) is 0 Å². The van der Waals surface area contributed by atoms with E-state index in [0.717, 1.165) is 6.08 Å². The highest BCUT2D eigenvalue weighted by Gasteiger charge is 2.34. The van der Waals surface area contributed by atoms with Crippen molar-refractivity contribution in [1.82, 2.24) is 5.32 Å². The number of nitro groups is 1. The first-order chi connectivity index (χ1) is 9.31. The first-order valence-corrected chi connectivity index (χ1v) is 5.86. The van der Waals surface area contributed by atoms with Gasteiger partial charge in [0.1, 0.15) is 0 Å². The number of hydrogen-bond acceptors (Lipinski definition) is 7. The summed E-state index contributed by atoms with van der Waals surface area (Å²) in [6.07, 6.45) is 1.01. The number of carbonyl (C=O) groups excluding carboxylic acids is 1. The lowest BCUT2D eigenvalue weighted by Crippen LogP contribution is -2.45. The van der Waals surface area contributed by atoms with Crippen LogP contribution in [0.3, 0.4) is 0 Å². The lowest BCUT2D eigenvalue weighted by molar-refractivity contribution is -0.429. The summed E-state index contributed by atoms with van der Waals surface area (Å²) in [5.74, 6) is -0.681. The topological polar surface area (TPSA) is 159 Å². The zero-order valence-electron chi connectivity index (χ0n) is 10.7. The molecule has 20 heavy (non-hydrogen) atoms. The summed E-state index contributed by atoms with van der Waals surface area (Å²) in [5.41, 5.74) is 4.03. The van der Waals surface area contributed by atoms with Gasteiger partial charge in [-0.25, -0.2) is 0 Å². The number of hydrogen-bond donors (Lipinski definition) is 5. The minimum absolute atomic E-state index is 0.0651. The van der Waals surface area contributed by atoms with Crippen LogP contribution in [0.25, 0.3) is 0 Å². The first kappa shape index (κ1) is 16.2. The number of aliphatic hydroxyl groups excluding tert-OH is 3. The second-order valence-electron chi connectivity index (χ2n) is 4.61. The Morgan fingerprint density at radius 1 is 1.60 bits per heavy atom. The normalized spacial score (nSPS) is 23.6. The van der Waals surface area contributed by atoms with Gasteiger partial charge in [0.2, 0.25) is 5.70 Å². The van der Waals surface area contributed by atoms with Gasteiger partial charge in [0.05, 0.1) is 36.2 Å². The molecule has 0 aromatic rings. The summed E-state index contributed by atoms with van der Waals surface area (Å²) in [6.45, 7) is -1.27. The van der Waals surface area contributed by atoms with Crippen molar-refractivity contribution in [2.45, 2.75) is 18.1 Å². The van der Waals surface area contributed by atoms with Gasteiger partial charge in [-0.3, -0.25) is 14.9 Å². The summed E-state index contributed by atoms with van der Waals surface area (Å²) in [4.78, 5) is 22.0. The predicted molar refractivity (Wildman–Crippen MR) is 67.9 cm³/mol. The maximum absolute atomic E-state index is 11.8. The number of amides is 1. The molecule has 0 spiro atoms. The molecule has 1 amide bonds. The molecule has 0 aromatic heterocycles. The van der Waals surface area contributed by atoms with Crippen molar-refractivity contribution in [3.8, 4) is 0 Å². The fraction of sp³-hybridized carbons (Fsp3) is 0.545. The fourth-order valence-electron chi connectivity index (χ4n) is 1.70. The minimum Gasteiger partial charge on any atom is -0.394 e. The molecule has 9 nitrogen and oxygen atoms in total. The Labute approximate surface area is 114 Å². The van der Waals surface area contributed by atoms with Crippen LogP contribution in [0.2, 0.25) is 0 Å². The van der Waals surface area contributed by atoms with Crippen molar-refractivity contribution in [1.29, 1.82) is 0 Å². The summed E-state index contributed by atoms with van der Waals surface area (Å²) < 4.78 is 0. The van der Waals surface area contributed by atoms with Crippen molar-refractivity contribution >= 4 is 5.91 Å². The van der Waals surface area contributed by atoms with Crippen LogP contribution in [0.1, 0.15) is 6.42 Å². The van der Waals surface area contributed by atoms with Crippen LogP contribution in [-0.4, -0.2) is 57.6 Å². The van der Waals surface area contributed by atoms with Gasteiger partial charge in [0.25, 0.3) is 5.91 Å². The molecule has 0 bridgehead atoms. The molecule has 112 valence electrons. The molecule has 0 saturated carbocycles. The largest absolute Gasteiger partial charge is 0.394 e. The van der Waals surface area contributed by atoms with Crippen LogP contribution in [-0.2, 0) is 4.79 Å². The molecule has 0 saturated heterocycles. The number of nitrogens with two attached hydrogens (primary N) is 1.